The third kappa shape index (κ3) is 4.35. The van der Waals surface area contributed by atoms with Crippen LogP contribution in [0.3, 0.4) is 0 Å². The number of nitrogens with zero attached hydrogens (tertiary/aromatic N) is 5. The van der Waals surface area contributed by atoms with Crippen LogP contribution in [-0.2, 0) is 17.8 Å². The first-order valence-electron chi connectivity index (χ1n) is 9.38. The zero-order chi connectivity index (χ0) is 20.9. The summed E-state index contributed by atoms with van der Waals surface area (Å²) in [6.45, 7) is 2.71. The van der Waals surface area contributed by atoms with Crippen molar-refractivity contribution in [3.63, 3.8) is 0 Å². The van der Waals surface area contributed by atoms with E-state index in [1.54, 1.807) is 48.8 Å². The first kappa shape index (κ1) is 19.3. The molecule has 0 spiro atoms. The molecule has 1 amide bonds. The molecule has 30 heavy (non-hydrogen) atoms. The first-order valence-corrected chi connectivity index (χ1v) is 9.38. The Morgan fingerprint density at radius 1 is 1.10 bits per heavy atom. The van der Waals surface area contributed by atoms with Gasteiger partial charge in [-0.15, -0.1) is 0 Å². The highest BCUT2D eigenvalue weighted by atomic mass is 16.5. The second-order valence-corrected chi connectivity index (χ2v) is 6.44. The number of ether oxygens (including phenoxy) is 2. The monoisotopic (exact) mass is 404 g/mol. The predicted molar refractivity (Wildman–Crippen MR) is 111 cm³/mol. The van der Waals surface area contributed by atoms with Crippen molar-refractivity contribution in [3.8, 4) is 17.2 Å². The van der Waals surface area contributed by atoms with Crippen molar-refractivity contribution in [1.82, 2.24) is 24.7 Å². The molecular weight excluding hydrogens is 384 g/mol. The fraction of sp³-hybridized carbons (Fsp3) is 0.190. The maximum absolute atomic E-state index is 12.2. The van der Waals surface area contributed by atoms with Crippen LogP contribution < -0.4 is 14.8 Å². The summed E-state index contributed by atoms with van der Waals surface area (Å²) in [7, 11) is 1.61. The van der Waals surface area contributed by atoms with Crippen LogP contribution in [-0.4, -0.2) is 37.7 Å². The number of methoxy groups -OCH3 is 1. The number of hydrogen-bond acceptors (Lipinski definition) is 7. The summed E-state index contributed by atoms with van der Waals surface area (Å²) < 4.78 is 12.9. The van der Waals surface area contributed by atoms with Crippen LogP contribution in [0.15, 0.2) is 55.2 Å². The van der Waals surface area contributed by atoms with Gasteiger partial charge in [0, 0.05) is 30.4 Å². The molecule has 1 aromatic carbocycles. The number of carbonyl (C=O) groups excluding carboxylic acids is 1. The van der Waals surface area contributed by atoms with Gasteiger partial charge in [-0.05, 0) is 25.1 Å². The zero-order valence-electron chi connectivity index (χ0n) is 16.6. The standard InChI is InChI=1S/C21H20N6O3/c1-3-27-13-14(10-25-27)26-21(28)9-20-23-11-16(12-24-20)30-19-6-7-22-18-8-15(29-2)4-5-17(18)19/h4-8,10-13H,3,9H2,1-2H3,(H,26,28). The smallest absolute Gasteiger partial charge is 0.232 e. The molecule has 0 unspecified atom stereocenters. The van der Waals surface area contributed by atoms with E-state index < -0.39 is 0 Å². The van der Waals surface area contributed by atoms with Crippen LogP contribution in [0, 0.1) is 0 Å². The molecule has 4 aromatic rings. The molecule has 0 fully saturated rings. The van der Waals surface area contributed by atoms with Crippen LogP contribution in [0.25, 0.3) is 10.9 Å². The van der Waals surface area contributed by atoms with E-state index in [-0.39, 0.29) is 12.3 Å². The molecule has 0 radical (unpaired) electrons. The van der Waals surface area contributed by atoms with E-state index in [1.807, 2.05) is 25.1 Å². The van der Waals surface area contributed by atoms with Gasteiger partial charge in [0.05, 0.1) is 43.3 Å². The van der Waals surface area contributed by atoms with E-state index in [0.29, 0.717) is 23.0 Å². The highest BCUT2D eigenvalue weighted by molar-refractivity contribution is 5.91. The summed E-state index contributed by atoms with van der Waals surface area (Å²) in [6, 6.07) is 7.34. The maximum atomic E-state index is 12.2. The number of amides is 1. The highest BCUT2D eigenvalue weighted by Gasteiger charge is 2.10. The number of carbonyl (C=O) groups is 1. The van der Waals surface area contributed by atoms with Gasteiger partial charge in [0.1, 0.15) is 17.3 Å². The Kier molecular flexibility index (Phi) is 5.51. The maximum Gasteiger partial charge on any atom is 0.232 e. The largest absolute Gasteiger partial charge is 0.497 e. The lowest BCUT2D eigenvalue weighted by Gasteiger charge is -2.09. The normalized spacial score (nSPS) is 10.7. The van der Waals surface area contributed by atoms with Gasteiger partial charge in [-0.2, -0.15) is 5.10 Å². The van der Waals surface area contributed by atoms with Gasteiger partial charge in [0.2, 0.25) is 5.91 Å². The molecule has 4 rings (SSSR count). The molecule has 0 aliphatic carbocycles. The Morgan fingerprint density at radius 2 is 1.93 bits per heavy atom. The van der Waals surface area contributed by atoms with E-state index in [0.717, 1.165) is 23.2 Å². The second-order valence-electron chi connectivity index (χ2n) is 6.44. The number of anilines is 1. The summed E-state index contributed by atoms with van der Waals surface area (Å²) in [5.74, 6) is 2.00. The number of hydrogen-bond donors (Lipinski definition) is 1. The fourth-order valence-electron chi connectivity index (χ4n) is 2.88. The molecule has 0 aliphatic heterocycles. The minimum atomic E-state index is -0.214. The molecule has 3 heterocycles. The Labute approximate surface area is 172 Å². The third-order valence-corrected chi connectivity index (χ3v) is 4.38. The summed E-state index contributed by atoms with van der Waals surface area (Å²) in [5.41, 5.74) is 1.40. The third-order valence-electron chi connectivity index (χ3n) is 4.38. The molecule has 0 atom stereocenters. The average molecular weight is 404 g/mol. The number of rotatable bonds is 7. The fourth-order valence-corrected chi connectivity index (χ4v) is 2.88. The van der Waals surface area contributed by atoms with Crippen molar-refractivity contribution in [3.05, 3.63) is 61.1 Å². The van der Waals surface area contributed by atoms with Gasteiger partial charge in [0.15, 0.2) is 5.75 Å². The number of benzene rings is 1. The van der Waals surface area contributed by atoms with Crippen molar-refractivity contribution in [1.29, 1.82) is 0 Å². The van der Waals surface area contributed by atoms with Gasteiger partial charge < -0.3 is 14.8 Å². The van der Waals surface area contributed by atoms with E-state index in [4.69, 9.17) is 9.47 Å². The minimum Gasteiger partial charge on any atom is -0.497 e. The van der Waals surface area contributed by atoms with Crippen LogP contribution >= 0.6 is 0 Å². The molecule has 0 bridgehead atoms. The van der Waals surface area contributed by atoms with Crippen LogP contribution in [0.5, 0.6) is 17.2 Å². The first-order chi connectivity index (χ1) is 14.6. The summed E-state index contributed by atoms with van der Waals surface area (Å²) in [4.78, 5) is 25.0. The predicted octanol–water partition coefficient (Wildman–Crippen LogP) is 3.22. The molecule has 3 aromatic heterocycles. The van der Waals surface area contributed by atoms with E-state index in [9.17, 15) is 4.79 Å². The van der Waals surface area contributed by atoms with Crippen molar-refractivity contribution >= 4 is 22.5 Å². The summed E-state index contributed by atoms with van der Waals surface area (Å²) in [5, 5.41) is 7.74. The topological polar surface area (TPSA) is 104 Å². The number of pyridine rings is 1. The molecular formula is C21H20N6O3. The van der Waals surface area contributed by atoms with Crippen LogP contribution in [0.2, 0.25) is 0 Å². The van der Waals surface area contributed by atoms with Gasteiger partial charge in [-0.1, -0.05) is 0 Å². The van der Waals surface area contributed by atoms with Crippen LogP contribution in [0.4, 0.5) is 5.69 Å². The molecule has 9 nitrogen and oxygen atoms in total. The van der Waals surface area contributed by atoms with Gasteiger partial charge in [-0.3, -0.25) is 14.5 Å². The van der Waals surface area contributed by atoms with Gasteiger partial charge >= 0.3 is 0 Å². The SMILES string of the molecule is CCn1cc(NC(=O)Cc2ncc(Oc3ccnc4cc(OC)ccc34)cn2)cn1. The average Bonchev–Trinajstić information content (AvgIpc) is 3.22. The van der Waals surface area contributed by atoms with Gasteiger partial charge in [0.25, 0.3) is 0 Å². The Balaban J connectivity index is 1.42. The Bertz CT molecular complexity index is 1170. The van der Waals surface area contributed by atoms with Crippen molar-refractivity contribution in [2.75, 3.05) is 12.4 Å². The molecule has 0 saturated carbocycles. The number of fused-ring (bicyclic) bond motifs is 1. The Morgan fingerprint density at radius 3 is 2.67 bits per heavy atom. The quantitative estimate of drug-likeness (QED) is 0.504. The highest BCUT2D eigenvalue weighted by Crippen LogP contribution is 2.30. The number of nitrogens with one attached hydrogen (secondary N) is 1. The minimum absolute atomic E-state index is 0.0512. The molecule has 152 valence electrons. The lowest BCUT2D eigenvalue weighted by molar-refractivity contribution is -0.115. The van der Waals surface area contributed by atoms with E-state index in [2.05, 4.69) is 25.4 Å². The zero-order valence-corrected chi connectivity index (χ0v) is 16.6. The van der Waals surface area contributed by atoms with E-state index >= 15 is 0 Å². The van der Waals surface area contributed by atoms with Crippen molar-refractivity contribution in [2.45, 2.75) is 19.9 Å². The Hall–Kier alpha value is -4.01. The molecule has 9 heteroatoms. The molecule has 1 N–H and O–H groups in total. The lowest BCUT2D eigenvalue weighted by Crippen LogP contribution is -2.15. The van der Waals surface area contributed by atoms with Crippen LogP contribution in [0.1, 0.15) is 12.7 Å². The second kappa shape index (κ2) is 8.56. The van der Waals surface area contributed by atoms with Crippen molar-refractivity contribution in [2.24, 2.45) is 0 Å². The van der Waals surface area contributed by atoms with E-state index in [1.165, 1.54) is 0 Å². The number of aromatic nitrogens is 5. The molecule has 0 aliphatic rings. The molecule has 0 saturated heterocycles. The van der Waals surface area contributed by atoms with Gasteiger partial charge in [-0.25, -0.2) is 9.97 Å². The van der Waals surface area contributed by atoms with Crippen molar-refractivity contribution < 1.29 is 14.3 Å². The number of aryl methyl sites for hydroxylation is 1. The summed E-state index contributed by atoms with van der Waals surface area (Å²) >= 11 is 0. The summed E-state index contributed by atoms with van der Waals surface area (Å²) in [6.07, 6.45) is 8.17. The lowest BCUT2D eigenvalue weighted by atomic mass is 10.2.